The number of rotatable bonds is 1. The molecule has 0 atom stereocenters. The molecule has 0 aromatic rings. The van der Waals surface area contributed by atoms with Crippen molar-refractivity contribution >= 4 is 0 Å². The average Bonchev–Trinajstić information content (AvgIpc) is 1.87. The second-order valence-corrected chi connectivity index (χ2v) is 4.04. The molecule has 0 aromatic heterocycles. The van der Waals surface area contributed by atoms with Gasteiger partial charge in [-0.25, -0.2) is 0 Å². The lowest BCUT2D eigenvalue weighted by Crippen LogP contribution is -2.42. The zero-order chi connectivity index (χ0) is 8.32. The van der Waals surface area contributed by atoms with Crippen LogP contribution < -0.4 is 0 Å². The number of hydrogen-bond acceptors (Lipinski definition) is 0. The summed E-state index contributed by atoms with van der Waals surface area (Å²) in [6, 6.07) is 0. The second-order valence-electron chi connectivity index (χ2n) is 4.04. The van der Waals surface area contributed by atoms with E-state index in [1.54, 1.807) is 25.7 Å². The van der Waals surface area contributed by atoms with Crippen LogP contribution >= 0.6 is 0 Å². The van der Waals surface area contributed by atoms with Crippen molar-refractivity contribution in [2.75, 3.05) is 0 Å². The maximum absolute atomic E-state index is 2.33. The molecule has 2 rings (SSSR count). The predicted octanol–water partition coefficient (Wildman–Crippen LogP) is 4.00. The fourth-order valence-electron chi connectivity index (χ4n) is 2.54. The largest absolute Gasteiger partial charge is 0.0683 e. The van der Waals surface area contributed by atoms with Gasteiger partial charge in [-0.15, -0.1) is 0 Å². The van der Waals surface area contributed by atoms with Crippen LogP contribution in [0.5, 0.6) is 0 Å². The molecule has 11 heavy (non-hydrogen) atoms. The SMILES string of the molecule is CC.CCC1CC2(CCC2)C1. The molecule has 0 heteroatoms. The normalized spacial score (nSPS) is 26.5. The van der Waals surface area contributed by atoms with Crippen molar-refractivity contribution in [3.05, 3.63) is 0 Å². The topological polar surface area (TPSA) is 0 Å². The van der Waals surface area contributed by atoms with E-state index in [4.69, 9.17) is 0 Å². The maximum Gasteiger partial charge on any atom is -0.0292 e. The van der Waals surface area contributed by atoms with Crippen LogP contribution in [0.3, 0.4) is 0 Å². The van der Waals surface area contributed by atoms with Gasteiger partial charge in [0.05, 0.1) is 0 Å². The number of hydrogen-bond donors (Lipinski definition) is 0. The highest BCUT2D eigenvalue weighted by Gasteiger charge is 2.46. The Labute approximate surface area is 71.4 Å². The van der Waals surface area contributed by atoms with Crippen LogP contribution in [0.2, 0.25) is 0 Å². The molecule has 0 nitrogen and oxygen atoms in total. The Morgan fingerprint density at radius 1 is 1.18 bits per heavy atom. The molecule has 0 unspecified atom stereocenters. The Kier molecular flexibility index (Phi) is 2.98. The van der Waals surface area contributed by atoms with Crippen LogP contribution in [-0.2, 0) is 0 Å². The van der Waals surface area contributed by atoms with Crippen LogP contribution in [0, 0.1) is 11.3 Å². The molecule has 0 amide bonds. The van der Waals surface area contributed by atoms with Crippen LogP contribution in [0.15, 0.2) is 0 Å². The Bertz CT molecular complexity index is 103. The molecule has 0 bridgehead atoms. The summed E-state index contributed by atoms with van der Waals surface area (Å²) in [6.07, 6.45) is 9.22. The van der Waals surface area contributed by atoms with Crippen molar-refractivity contribution < 1.29 is 0 Å². The highest BCUT2D eigenvalue weighted by molar-refractivity contribution is 4.98. The van der Waals surface area contributed by atoms with E-state index >= 15 is 0 Å². The standard InChI is InChI=1S/C9H16.C2H6/c1-2-8-6-9(7-8)4-3-5-9;1-2/h8H,2-7H2,1H3;1-2H3. The van der Waals surface area contributed by atoms with Gasteiger partial charge in [-0.05, 0) is 37.0 Å². The zero-order valence-electron chi connectivity index (χ0n) is 8.32. The van der Waals surface area contributed by atoms with Crippen LogP contribution in [0.1, 0.15) is 59.3 Å². The fraction of sp³-hybridized carbons (Fsp3) is 1.00. The van der Waals surface area contributed by atoms with E-state index in [0.717, 1.165) is 11.3 Å². The molecular formula is C11H22. The third kappa shape index (κ3) is 1.60. The Balaban J connectivity index is 0.000000281. The van der Waals surface area contributed by atoms with Gasteiger partial charge in [-0.3, -0.25) is 0 Å². The highest BCUT2D eigenvalue weighted by Crippen LogP contribution is 2.59. The maximum atomic E-state index is 2.33. The van der Waals surface area contributed by atoms with E-state index in [-0.39, 0.29) is 0 Å². The summed E-state index contributed by atoms with van der Waals surface area (Å²) in [5.74, 6) is 1.12. The van der Waals surface area contributed by atoms with Crippen molar-refractivity contribution in [3.8, 4) is 0 Å². The average molecular weight is 154 g/mol. The van der Waals surface area contributed by atoms with Gasteiger partial charge < -0.3 is 0 Å². The molecule has 0 N–H and O–H groups in total. The van der Waals surface area contributed by atoms with Crippen molar-refractivity contribution in [2.45, 2.75) is 59.3 Å². The quantitative estimate of drug-likeness (QED) is 0.535. The minimum Gasteiger partial charge on any atom is -0.0683 e. The molecule has 0 aromatic carbocycles. The molecule has 66 valence electrons. The van der Waals surface area contributed by atoms with Gasteiger partial charge in [-0.2, -0.15) is 0 Å². The first-order chi connectivity index (χ1) is 5.35. The lowest BCUT2D eigenvalue weighted by Gasteiger charge is -2.54. The summed E-state index contributed by atoms with van der Waals surface area (Å²) < 4.78 is 0. The highest BCUT2D eigenvalue weighted by atomic mass is 14.5. The minimum absolute atomic E-state index is 0.917. The summed E-state index contributed by atoms with van der Waals surface area (Å²) in [5, 5.41) is 0. The molecule has 2 saturated carbocycles. The van der Waals surface area contributed by atoms with Gasteiger partial charge in [0.25, 0.3) is 0 Å². The fourth-order valence-corrected chi connectivity index (χ4v) is 2.54. The molecule has 2 aliphatic rings. The zero-order valence-corrected chi connectivity index (χ0v) is 8.32. The summed E-state index contributed by atoms with van der Waals surface area (Å²) in [4.78, 5) is 0. The molecule has 0 radical (unpaired) electrons. The first-order valence-corrected chi connectivity index (χ1v) is 5.35. The molecule has 2 fully saturated rings. The van der Waals surface area contributed by atoms with Crippen LogP contribution in [0.25, 0.3) is 0 Å². The van der Waals surface area contributed by atoms with E-state index in [2.05, 4.69) is 6.92 Å². The lowest BCUT2D eigenvalue weighted by molar-refractivity contribution is -0.0256. The monoisotopic (exact) mass is 154 g/mol. The second kappa shape index (κ2) is 3.60. The first-order valence-electron chi connectivity index (χ1n) is 5.35. The molecule has 1 spiro atoms. The minimum atomic E-state index is 0.917. The molecule has 0 saturated heterocycles. The van der Waals surface area contributed by atoms with Gasteiger partial charge in [0.15, 0.2) is 0 Å². The van der Waals surface area contributed by atoms with Crippen LogP contribution in [-0.4, -0.2) is 0 Å². The van der Waals surface area contributed by atoms with Gasteiger partial charge in [-0.1, -0.05) is 33.6 Å². The Morgan fingerprint density at radius 2 is 1.73 bits per heavy atom. The summed E-state index contributed by atoms with van der Waals surface area (Å²) in [7, 11) is 0. The van der Waals surface area contributed by atoms with Crippen molar-refractivity contribution in [3.63, 3.8) is 0 Å². The Hall–Kier alpha value is 0. The molecule has 0 aliphatic heterocycles. The van der Waals surface area contributed by atoms with Gasteiger partial charge in [0, 0.05) is 0 Å². The molecule has 0 heterocycles. The lowest BCUT2D eigenvalue weighted by atomic mass is 9.51. The van der Waals surface area contributed by atoms with Crippen molar-refractivity contribution in [2.24, 2.45) is 11.3 Å². The van der Waals surface area contributed by atoms with Gasteiger partial charge >= 0.3 is 0 Å². The van der Waals surface area contributed by atoms with E-state index in [1.165, 1.54) is 12.8 Å². The van der Waals surface area contributed by atoms with E-state index in [0.29, 0.717) is 0 Å². The van der Waals surface area contributed by atoms with Crippen molar-refractivity contribution in [1.29, 1.82) is 0 Å². The smallest absolute Gasteiger partial charge is 0.0292 e. The predicted molar refractivity (Wildman–Crippen MR) is 50.6 cm³/mol. The summed E-state index contributed by atoms with van der Waals surface area (Å²) in [5.41, 5.74) is 0.917. The Morgan fingerprint density at radius 3 is 2.00 bits per heavy atom. The summed E-state index contributed by atoms with van der Waals surface area (Å²) >= 11 is 0. The molecular weight excluding hydrogens is 132 g/mol. The third-order valence-corrected chi connectivity index (χ3v) is 3.43. The third-order valence-electron chi connectivity index (χ3n) is 3.43. The first kappa shape index (κ1) is 9.09. The van der Waals surface area contributed by atoms with Gasteiger partial charge in [0.2, 0.25) is 0 Å². The molecule has 2 aliphatic carbocycles. The van der Waals surface area contributed by atoms with E-state index in [1.807, 2.05) is 13.8 Å². The van der Waals surface area contributed by atoms with Crippen LogP contribution in [0.4, 0.5) is 0 Å². The van der Waals surface area contributed by atoms with Gasteiger partial charge in [0.1, 0.15) is 0 Å². The van der Waals surface area contributed by atoms with E-state index < -0.39 is 0 Å². The van der Waals surface area contributed by atoms with Crippen molar-refractivity contribution in [1.82, 2.24) is 0 Å². The summed E-state index contributed by atoms with van der Waals surface area (Å²) in [6.45, 7) is 6.33. The van der Waals surface area contributed by atoms with E-state index in [9.17, 15) is 0 Å².